The smallest absolute Gasteiger partial charge is 0.481 e. The van der Waals surface area contributed by atoms with Gasteiger partial charge in [0.1, 0.15) is 6.07 Å². The van der Waals surface area contributed by atoms with Gasteiger partial charge in [0.05, 0.1) is 12.1 Å². The van der Waals surface area contributed by atoms with Crippen LogP contribution >= 0.6 is 0 Å². The summed E-state index contributed by atoms with van der Waals surface area (Å²) in [7, 11) is 0. The molecule has 0 saturated carbocycles. The summed E-state index contributed by atoms with van der Waals surface area (Å²) in [5.41, 5.74) is 4.41. The third-order valence-electron chi connectivity index (χ3n) is 1.79. The zero-order valence-electron chi connectivity index (χ0n) is 8.65. The molecule has 0 aromatic carbocycles. The maximum atomic E-state index is 12.0. The Labute approximate surface area is 98.4 Å². The zero-order valence-corrected chi connectivity index (χ0v) is 8.65. The highest BCUT2D eigenvalue weighted by molar-refractivity contribution is 5.74. The molecule has 1 aromatic heterocycles. The molecule has 0 fully saturated rings. The molecule has 0 amide bonds. The van der Waals surface area contributed by atoms with Gasteiger partial charge in [0.25, 0.3) is 0 Å². The van der Waals surface area contributed by atoms with Crippen LogP contribution in [0.1, 0.15) is 11.3 Å². The van der Waals surface area contributed by atoms with E-state index in [1.807, 2.05) is 0 Å². The molecule has 0 aliphatic carbocycles. The molecule has 0 aliphatic heterocycles. The lowest BCUT2D eigenvalue weighted by atomic mass is 10.1. The van der Waals surface area contributed by atoms with Gasteiger partial charge in [-0.3, -0.25) is 4.79 Å². The van der Waals surface area contributed by atoms with E-state index in [1.165, 1.54) is 6.07 Å². The topological polar surface area (TPSA) is 109 Å². The Kier molecular flexibility index (Phi) is 3.61. The first kappa shape index (κ1) is 13.6. The Morgan fingerprint density at radius 2 is 2.22 bits per heavy atom. The van der Waals surface area contributed by atoms with E-state index in [0.717, 1.165) is 6.07 Å². The fraction of sp³-hybridized carbons (Fsp3) is 0.222. The van der Waals surface area contributed by atoms with E-state index in [0.29, 0.717) is 0 Å². The number of nitrogens with two attached hydrogens (primary N) is 1. The van der Waals surface area contributed by atoms with Crippen LogP contribution in [0.15, 0.2) is 6.07 Å². The van der Waals surface area contributed by atoms with E-state index >= 15 is 0 Å². The number of carboxylic acids is 1. The predicted molar refractivity (Wildman–Crippen MR) is 51.4 cm³/mol. The van der Waals surface area contributed by atoms with Crippen LogP contribution in [0.2, 0.25) is 0 Å². The molecule has 6 nitrogen and oxygen atoms in total. The third kappa shape index (κ3) is 3.51. The second-order valence-corrected chi connectivity index (χ2v) is 3.11. The number of pyridine rings is 1. The van der Waals surface area contributed by atoms with Crippen molar-refractivity contribution in [1.82, 2.24) is 4.98 Å². The third-order valence-corrected chi connectivity index (χ3v) is 1.79. The number of aromatic nitrogens is 1. The molecule has 0 saturated heterocycles. The van der Waals surface area contributed by atoms with Gasteiger partial charge < -0.3 is 15.6 Å². The second kappa shape index (κ2) is 4.79. The number of nitrogen functional groups attached to an aromatic ring is 1. The molecule has 9 heteroatoms. The Balaban J connectivity index is 3.23. The van der Waals surface area contributed by atoms with Gasteiger partial charge >= 0.3 is 12.3 Å². The normalized spacial score (nSPS) is 10.8. The van der Waals surface area contributed by atoms with Gasteiger partial charge in [-0.25, -0.2) is 4.98 Å². The molecule has 1 heterocycles. The number of hydrogen-bond acceptors (Lipinski definition) is 5. The summed E-state index contributed by atoms with van der Waals surface area (Å²) in [4.78, 5) is 13.7. The molecule has 1 aromatic rings. The zero-order chi connectivity index (χ0) is 13.9. The number of hydrogen-bond donors (Lipinski definition) is 2. The summed E-state index contributed by atoms with van der Waals surface area (Å²) < 4.78 is 39.4. The molecular weight excluding hydrogens is 255 g/mol. The summed E-state index contributed by atoms with van der Waals surface area (Å²) in [6.45, 7) is 0. The Bertz CT molecular complexity index is 522. The van der Waals surface area contributed by atoms with Crippen LogP contribution in [0.25, 0.3) is 0 Å². The lowest BCUT2D eigenvalue weighted by Crippen LogP contribution is -2.19. The first-order valence-corrected chi connectivity index (χ1v) is 4.40. The number of aliphatic carboxylic acids is 1. The lowest BCUT2D eigenvalue weighted by Gasteiger charge is -2.11. The van der Waals surface area contributed by atoms with E-state index in [9.17, 15) is 18.0 Å². The molecule has 3 N–H and O–H groups in total. The molecule has 0 spiro atoms. The van der Waals surface area contributed by atoms with E-state index in [2.05, 4.69) is 9.72 Å². The number of ether oxygens (including phenoxy) is 1. The quantitative estimate of drug-likeness (QED) is 0.841. The first-order chi connectivity index (χ1) is 8.23. The number of halogens is 3. The molecule has 18 heavy (non-hydrogen) atoms. The van der Waals surface area contributed by atoms with Crippen LogP contribution in [-0.4, -0.2) is 22.4 Å². The van der Waals surface area contributed by atoms with Crippen LogP contribution in [-0.2, 0) is 11.2 Å². The number of rotatable bonds is 3. The van der Waals surface area contributed by atoms with Crippen molar-refractivity contribution in [2.24, 2.45) is 0 Å². The highest BCUT2D eigenvalue weighted by atomic mass is 19.4. The minimum atomic E-state index is -4.99. The molecule has 0 unspecified atom stereocenters. The van der Waals surface area contributed by atoms with Gasteiger partial charge in [-0.2, -0.15) is 5.26 Å². The average molecular weight is 261 g/mol. The minimum absolute atomic E-state index is 0.173. The minimum Gasteiger partial charge on any atom is -0.481 e. The van der Waals surface area contributed by atoms with E-state index in [1.54, 1.807) is 0 Å². The summed E-state index contributed by atoms with van der Waals surface area (Å²) in [6, 6.07) is 2.19. The maximum Gasteiger partial charge on any atom is 0.574 e. The van der Waals surface area contributed by atoms with Crippen molar-refractivity contribution >= 4 is 11.7 Å². The van der Waals surface area contributed by atoms with Crippen molar-refractivity contribution in [3.05, 3.63) is 17.3 Å². The highest BCUT2D eigenvalue weighted by Crippen LogP contribution is 2.26. The standard InChI is InChI=1S/C9H6F3N3O3/c10-9(11,12)18-6-1-4(2-7(16)17)8(14)5(3-13)15-6/h1H,2,14H2,(H,16,17). The Morgan fingerprint density at radius 3 is 2.67 bits per heavy atom. The molecule has 1 rings (SSSR count). The van der Waals surface area contributed by atoms with Crippen molar-refractivity contribution in [2.45, 2.75) is 12.8 Å². The van der Waals surface area contributed by atoms with Gasteiger partial charge in [0.2, 0.25) is 5.88 Å². The number of carboxylic acid groups (broad SMARTS) is 1. The summed E-state index contributed by atoms with van der Waals surface area (Å²) >= 11 is 0. The Hall–Kier alpha value is -2.50. The van der Waals surface area contributed by atoms with Crippen molar-refractivity contribution in [3.63, 3.8) is 0 Å². The van der Waals surface area contributed by atoms with Crippen LogP contribution in [0.3, 0.4) is 0 Å². The fourth-order valence-electron chi connectivity index (χ4n) is 1.15. The first-order valence-electron chi connectivity index (χ1n) is 4.40. The van der Waals surface area contributed by atoms with Crippen molar-refractivity contribution < 1.29 is 27.8 Å². The molecule has 96 valence electrons. The van der Waals surface area contributed by atoms with Crippen molar-refractivity contribution in [2.75, 3.05) is 5.73 Å². The van der Waals surface area contributed by atoms with Gasteiger partial charge in [-0.15, -0.1) is 13.2 Å². The maximum absolute atomic E-state index is 12.0. The number of carbonyl (C=O) groups is 1. The lowest BCUT2D eigenvalue weighted by molar-refractivity contribution is -0.276. The van der Waals surface area contributed by atoms with E-state index in [-0.39, 0.29) is 11.3 Å². The molecule has 0 radical (unpaired) electrons. The molecule has 0 atom stereocenters. The number of alkyl halides is 3. The van der Waals surface area contributed by atoms with Gasteiger partial charge in [0, 0.05) is 6.07 Å². The predicted octanol–water partition coefficient (Wildman–Crippen LogP) is 1.06. The van der Waals surface area contributed by atoms with Crippen LogP contribution in [0.5, 0.6) is 5.88 Å². The number of nitriles is 1. The van der Waals surface area contributed by atoms with Gasteiger partial charge in [0.15, 0.2) is 5.69 Å². The van der Waals surface area contributed by atoms with Gasteiger partial charge in [-0.05, 0) is 5.56 Å². The average Bonchev–Trinajstić information content (AvgIpc) is 2.19. The highest BCUT2D eigenvalue weighted by Gasteiger charge is 2.32. The van der Waals surface area contributed by atoms with Crippen LogP contribution in [0, 0.1) is 11.3 Å². The number of anilines is 1. The van der Waals surface area contributed by atoms with Crippen molar-refractivity contribution in [3.8, 4) is 11.9 Å². The van der Waals surface area contributed by atoms with Crippen LogP contribution < -0.4 is 10.5 Å². The monoisotopic (exact) mass is 261 g/mol. The van der Waals surface area contributed by atoms with Crippen molar-refractivity contribution in [1.29, 1.82) is 5.26 Å². The Morgan fingerprint density at radius 1 is 1.61 bits per heavy atom. The van der Waals surface area contributed by atoms with Crippen LogP contribution in [0.4, 0.5) is 18.9 Å². The summed E-state index contributed by atoms with van der Waals surface area (Å²) in [5.74, 6) is -2.24. The van der Waals surface area contributed by atoms with E-state index in [4.69, 9.17) is 16.1 Å². The van der Waals surface area contributed by atoms with Gasteiger partial charge in [-0.1, -0.05) is 0 Å². The molecular formula is C9H6F3N3O3. The fourth-order valence-corrected chi connectivity index (χ4v) is 1.15. The summed E-state index contributed by atoms with van der Waals surface area (Å²) in [6.07, 6.45) is -5.63. The largest absolute Gasteiger partial charge is 0.574 e. The molecule has 0 aliphatic rings. The summed E-state index contributed by atoms with van der Waals surface area (Å²) in [5, 5.41) is 17.2. The SMILES string of the molecule is N#Cc1nc(OC(F)(F)F)cc(CC(=O)O)c1N. The molecule has 0 bridgehead atoms. The van der Waals surface area contributed by atoms with E-state index < -0.39 is 30.3 Å². The number of nitrogens with zero attached hydrogens (tertiary/aromatic N) is 2. The second-order valence-electron chi connectivity index (χ2n) is 3.11.